The van der Waals surface area contributed by atoms with Crippen LogP contribution < -0.4 is 10.2 Å². The van der Waals surface area contributed by atoms with Crippen LogP contribution in [0.4, 0.5) is 11.4 Å². The van der Waals surface area contributed by atoms with Crippen molar-refractivity contribution in [2.75, 3.05) is 18.0 Å². The molecule has 1 unspecified atom stereocenters. The van der Waals surface area contributed by atoms with Crippen LogP contribution in [0, 0.1) is 10.1 Å². The standard InChI is InChI=1S/C12H12ClN3O5/c13-7-1-2-8(16(20)21)9(5-7)15-4-3-14-12(19)10(15)6-11(17)18/h1-2,5,10H,3-4,6H2,(H,14,19)(H,17,18). The Morgan fingerprint density at radius 1 is 1.57 bits per heavy atom. The van der Waals surface area contributed by atoms with Crippen molar-refractivity contribution < 1.29 is 19.6 Å². The van der Waals surface area contributed by atoms with E-state index in [1.807, 2.05) is 0 Å². The van der Waals surface area contributed by atoms with E-state index >= 15 is 0 Å². The van der Waals surface area contributed by atoms with Gasteiger partial charge in [-0.3, -0.25) is 19.7 Å². The zero-order valence-corrected chi connectivity index (χ0v) is 11.5. The first kappa shape index (κ1) is 15.0. The van der Waals surface area contributed by atoms with E-state index in [0.29, 0.717) is 0 Å². The van der Waals surface area contributed by atoms with Crippen molar-refractivity contribution in [2.45, 2.75) is 12.5 Å². The molecule has 112 valence electrons. The Morgan fingerprint density at radius 3 is 2.90 bits per heavy atom. The zero-order valence-electron chi connectivity index (χ0n) is 10.8. The van der Waals surface area contributed by atoms with E-state index in [1.54, 1.807) is 0 Å². The van der Waals surface area contributed by atoms with Gasteiger partial charge >= 0.3 is 5.97 Å². The number of carboxylic acids is 1. The molecule has 0 radical (unpaired) electrons. The fourth-order valence-electron chi connectivity index (χ4n) is 2.25. The average molecular weight is 314 g/mol. The molecule has 1 atom stereocenters. The van der Waals surface area contributed by atoms with Gasteiger partial charge in [-0.05, 0) is 12.1 Å². The largest absolute Gasteiger partial charge is 0.481 e. The summed E-state index contributed by atoms with van der Waals surface area (Å²) in [5.74, 6) is -1.63. The van der Waals surface area contributed by atoms with Gasteiger partial charge in [-0.25, -0.2) is 0 Å². The van der Waals surface area contributed by atoms with Gasteiger partial charge in [0.1, 0.15) is 11.7 Å². The number of aliphatic carboxylic acids is 1. The molecule has 0 spiro atoms. The lowest BCUT2D eigenvalue weighted by molar-refractivity contribution is -0.384. The molecule has 1 aromatic rings. The van der Waals surface area contributed by atoms with Gasteiger partial charge in [-0.1, -0.05) is 11.6 Å². The third kappa shape index (κ3) is 3.22. The van der Waals surface area contributed by atoms with E-state index in [-0.39, 0.29) is 29.5 Å². The number of nitrogens with zero attached hydrogens (tertiary/aromatic N) is 2. The van der Waals surface area contributed by atoms with Crippen LogP contribution in [0.5, 0.6) is 0 Å². The summed E-state index contributed by atoms with van der Waals surface area (Å²) >= 11 is 5.86. The first-order valence-electron chi connectivity index (χ1n) is 6.10. The lowest BCUT2D eigenvalue weighted by Gasteiger charge is -2.35. The number of hydrogen-bond donors (Lipinski definition) is 2. The van der Waals surface area contributed by atoms with Gasteiger partial charge in [0.05, 0.1) is 11.3 Å². The van der Waals surface area contributed by atoms with E-state index in [1.165, 1.54) is 23.1 Å². The molecule has 2 N–H and O–H groups in total. The van der Waals surface area contributed by atoms with Crippen LogP contribution >= 0.6 is 11.6 Å². The molecule has 0 aromatic heterocycles. The SMILES string of the molecule is O=C(O)CC1C(=O)NCCN1c1cc(Cl)ccc1[N+](=O)[O-]. The molecule has 0 bridgehead atoms. The normalized spacial score (nSPS) is 18.2. The summed E-state index contributed by atoms with van der Waals surface area (Å²) in [7, 11) is 0. The Bertz CT molecular complexity index is 607. The molecular weight excluding hydrogens is 302 g/mol. The molecule has 1 aliphatic rings. The molecule has 0 saturated carbocycles. The van der Waals surface area contributed by atoms with E-state index < -0.39 is 29.3 Å². The molecule has 8 nitrogen and oxygen atoms in total. The van der Waals surface area contributed by atoms with Crippen LogP contribution in [-0.4, -0.2) is 41.0 Å². The van der Waals surface area contributed by atoms with Crippen molar-refractivity contribution in [2.24, 2.45) is 0 Å². The third-order valence-corrected chi connectivity index (χ3v) is 3.38. The van der Waals surface area contributed by atoms with Gasteiger partial charge in [0.2, 0.25) is 5.91 Å². The Kier molecular flexibility index (Phi) is 4.27. The second-order valence-corrected chi connectivity index (χ2v) is 4.92. The highest BCUT2D eigenvalue weighted by Crippen LogP contribution is 2.33. The fourth-order valence-corrected chi connectivity index (χ4v) is 2.42. The van der Waals surface area contributed by atoms with Crippen LogP contribution in [0.25, 0.3) is 0 Å². The zero-order chi connectivity index (χ0) is 15.6. The predicted octanol–water partition coefficient (Wildman–Crippen LogP) is 1.03. The molecule has 0 aliphatic carbocycles. The van der Waals surface area contributed by atoms with E-state index in [2.05, 4.69) is 5.32 Å². The van der Waals surface area contributed by atoms with E-state index in [9.17, 15) is 19.7 Å². The number of carboxylic acid groups (broad SMARTS) is 1. The smallest absolute Gasteiger partial charge is 0.305 e. The van der Waals surface area contributed by atoms with E-state index in [4.69, 9.17) is 16.7 Å². The topological polar surface area (TPSA) is 113 Å². The molecule has 1 amide bonds. The number of rotatable bonds is 4. The maximum absolute atomic E-state index is 11.9. The molecule has 2 rings (SSSR count). The summed E-state index contributed by atoms with van der Waals surface area (Å²) in [6.07, 6.45) is -0.449. The molecule has 1 fully saturated rings. The predicted molar refractivity (Wildman–Crippen MR) is 74.5 cm³/mol. The van der Waals surface area contributed by atoms with Gasteiger partial charge in [0, 0.05) is 24.2 Å². The van der Waals surface area contributed by atoms with E-state index in [0.717, 1.165) is 0 Å². The van der Waals surface area contributed by atoms with Crippen LogP contribution in [-0.2, 0) is 9.59 Å². The lowest BCUT2D eigenvalue weighted by Crippen LogP contribution is -2.56. The lowest BCUT2D eigenvalue weighted by atomic mass is 10.1. The second-order valence-electron chi connectivity index (χ2n) is 4.49. The minimum Gasteiger partial charge on any atom is -0.481 e. The minimum atomic E-state index is -1.16. The highest BCUT2D eigenvalue weighted by molar-refractivity contribution is 6.31. The number of benzene rings is 1. The van der Waals surface area contributed by atoms with Crippen molar-refractivity contribution in [3.8, 4) is 0 Å². The van der Waals surface area contributed by atoms with Crippen molar-refractivity contribution in [1.29, 1.82) is 0 Å². The number of anilines is 1. The number of nitrogens with one attached hydrogen (secondary N) is 1. The Morgan fingerprint density at radius 2 is 2.29 bits per heavy atom. The number of carbonyl (C=O) groups is 2. The molecular formula is C12H12ClN3O5. The summed E-state index contributed by atoms with van der Waals surface area (Å²) in [5.41, 5.74) is -0.0712. The average Bonchev–Trinajstić information content (AvgIpc) is 2.40. The Hall–Kier alpha value is -2.35. The van der Waals surface area contributed by atoms with Gasteiger partial charge < -0.3 is 15.3 Å². The first-order chi connectivity index (χ1) is 9.90. The van der Waals surface area contributed by atoms with Crippen molar-refractivity contribution in [3.05, 3.63) is 33.3 Å². The molecule has 9 heteroatoms. The van der Waals surface area contributed by atoms with Crippen molar-refractivity contribution >= 4 is 34.9 Å². The van der Waals surface area contributed by atoms with Gasteiger partial charge in [-0.15, -0.1) is 0 Å². The number of carbonyl (C=O) groups excluding carboxylic acids is 1. The van der Waals surface area contributed by atoms with Gasteiger partial charge in [-0.2, -0.15) is 0 Å². The van der Waals surface area contributed by atoms with Crippen molar-refractivity contribution in [3.63, 3.8) is 0 Å². The number of halogens is 1. The molecule has 1 aromatic carbocycles. The van der Waals surface area contributed by atoms with Crippen LogP contribution in [0.15, 0.2) is 18.2 Å². The highest BCUT2D eigenvalue weighted by Gasteiger charge is 2.35. The number of piperazine rings is 1. The maximum Gasteiger partial charge on any atom is 0.305 e. The van der Waals surface area contributed by atoms with Crippen LogP contribution in [0.3, 0.4) is 0 Å². The molecule has 1 aliphatic heterocycles. The number of amides is 1. The number of nitro benzene ring substituents is 1. The highest BCUT2D eigenvalue weighted by atomic mass is 35.5. The minimum absolute atomic E-state index is 0.147. The van der Waals surface area contributed by atoms with Crippen LogP contribution in [0.2, 0.25) is 5.02 Å². The molecule has 1 heterocycles. The maximum atomic E-state index is 11.9. The van der Waals surface area contributed by atoms with Crippen molar-refractivity contribution in [1.82, 2.24) is 5.32 Å². The summed E-state index contributed by atoms with van der Waals surface area (Å²) in [6.45, 7) is 0.545. The summed E-state index contributed by atoms with van der Waals surface area (Å²) in [4.78, 5) is 34.7. The summed E-state index contributed by atoms with van der Waals surface area (Å²) < 4.78 is 0. The van der Waals surface area contributed by atoms with Crippen LogP contribution in [0.1, 0.15) is 6.42 Å². The van der Waals surface area contributed by atoms with Gasteiger partial charge in [0.25, 0.3) is 5.69 Å². The number of nitro groups is 1. The number of hydrogen-bond acceptors (Lipinski definition) is 5. The first-order valence-corrected chi connectivity index (χ1v) is 6.48. The summed E-state index contributed by atoms with van der Waals surface area (Å²) in [5, 5.41) is 22.8. The molecule has 21 heavy (non-hydrogen) atoms. The Labute approximate surface area is 124 Å². The van der Waals surface area contributed by atoms with Gasteiger partial charge in [0.15, 0.2) is 0 Å². The Balaban J connectivity index is 2.46. The summed E-state index contributed by atoms with van der Waals surface area (Å²) in [6, 6.07) is 2.97. The fraction of sp³-hybridized carbons (Fsp3) is 0.333. The molecule has 1 saturated heterocycles. The monoisotopic (exact) mass is 313 g/mol. The third-order valence-electron chi connectivity index (χ3n) is 3.14. The quantitative estimate of drug-likeness (QED) is 0.634. The second kappa shape index (κ2) is 5.96.